The zero-order valence-electron chi connectivity index (χ0n) is 10.4. The van der Waals surface area contributed by atoms with Crippen LogP contribution in [0.15, 0.2) is 11.1 Å². The second kappa shape index (κ2) is 6.90. The van der Waals surface area contributed by atoms with Gasteiger partial charge in [0.2, 0.25) is 5.75 Å². The van der Waals surface area contributed by atoms with Gasteiger partial charge in [-0.25, -0.2) is 4.98 Å². The lowest BCUT2D eigenvalue weighted by Gasteiger charge is -2.09. The van der Waals surface area contributed by atoms with E-state index in [1.54, 1.807) is 0 Å². The molecule has 0 bridgehead atoms. The highest BCUT2D eigenvalue weighted by molar-refractivity contribution is 5.29. The van der Waals surface area contributed by atoms with Gasteiger partial charge >= 0.3 is 0 Å². The number of nitrogens with zero attached hydrogens (tertiary/aromatic N) is 1. The Labute approximate surface area is 100 Å². The Kier molecular flexibility index (Phi) is 5.48. The van der Waals surface area contributed by atoms with Crippen molar-refractivity contribution < 1.29 is 9.47 Å². The minimum absolute atomic E-state index is 0.115. The summed E-state index contributed by atoms with van der Waals surface area (Å²) in [5.74, 6) is 0.352. The number of H-pyrrole nitrogens is 1. The van der Waals surface area contributed by atoms with Crippen molar-refractivity contribution in [2.24, 2.45) is 0 Å². The molecule has 0 aliphatic heterocycles. The largest absolute Gasteiger partial charge is 0.487 e. The molecular weight excluding hydrogens is 222 g/mol. The first kappa shape index (κ1) is 13.5. The Morgan fingerprint density at radius 3 is 2.94 bits per heavy atom. The molecule has 0 aliphatic carbocycles. The molecule has 17 heavy (non-hydrogen) atoms. The predicted molar refractivity (Wildman–Crippen MR) is 64.7 cm³/mol. The zero-order chi connectivity index (χ0) is 12.7. The third-order valence-corrected chi connectivity index (χ3v) is 2.09. The second-order valence-corrected chi connectivity index (χ2v) is 3.88. The molecule has 6 nitrogen and oxygen atoms in total. The van der Waals surface area contributed by atoms with Gasteiger partial charge in [0.05, 0.1) is 20.0 Å². The van der Waals surface area contributed by atoms with E-state index < -0.39 is 0 Å². The van der Waals surface area contributed by atoms with Crippen molar-refractivity contribution in [2.75, 3.05) is 20.3 Å². The molecule has 0 saturated carbocycles. The average molecular weight is 241 g/mol. The van der Waals surface area contributed by atoms with Crippen LogP contribution in [0.4, 0.5) is 0 Å². The Bertz CT molecular complexity index is 390. The van der Waals surface area contributed by atoms with Crippen LogP contribution in [-0.4, -0.2) is 36.3 Å². The van der Waals surface area contributed by atoms with Crippen molar-refractivity contribution in [3.63, 3.8) is 0 Å². The van der Waals surface area contributed by atoms with Crippen molar-refractivity contribution in [3.8, 4) is 11.6 Å². The van der Waals surface area contributed by atoms with Gasteiger partial charge in [-0.3, -0.25) is 4.79 Å². The summed E-state index contributed by atoms with van der Waals surface area (Å²) in [5.41, 5.74) is -0.335. The molecule has 1 rings (SSSR count). The highest BCUT2D eigenvalue weighted by Crippen LogP contribution is 2.17. The van der Waals surface area contributed by atoms with Crippen LogP contribution < -0.4 is 20.3 Å². The fourth-order valence-corrected chi connectivity index (χ4v) is 1.29. The molecule has 0 saturated heterocycles. The van der Waals surface area contributed by atoms with E-state index in [2.05, 4.69) is 29.1 Å². The molecule has 0 fully saturated rings. The summed E-state index contributed by atoms with van der Waals surface area (Å²) in [4.78, 5) is 17.7. The molecule has 1 aromatic rings. The number of nitrogens with one attached hydrogen (secondary N) is 2. The molecule has 0 spiro atoms. The highest BCUT2D eigenvalue weighted by atomic mass is 16.5. The zero-order valence-corrected chi connectivity index (χ0v) is 10.4. The lowest BCUT2D eigenvalue weighted by Crippen LogP contribution is -2.25. The number of methoxy groups -OCH3 is 1. The summed E-state index contributed by atoms with van der Waals surface area (Å²) >= 11 is 0. The van der Waals surface area contributed by atoms with Crippen molar-refractivity contribution in [3.05, 3.63) is 16.7 Å². The van der Waals surface area contributed by atoms with Crippen LogP contribution in [0, 0.1) is 0 Å². The molecule has 1 heterocycles. The van der Waals surface area contributed by atoms with Gasteiger partial charge in [0.25, 0.3) is 11.4 Å². The first-order chi connectivity index (χ1) is 8.15. The molecular formula is C11H19N3O3. The first-order valence-electron chi connectivity index (χ1n) is 5.63. The fraction of sp³-hybridized carbons (Fsp3) is 0.636. The van der Waals surface area contributed by atoms with Crippen molar-refractivity contribution >= 4 is 0 Å². The predicted octanol–water partition coefficient (Wildman–Crippen LogP) is 0.545. The van der Waals surface area contributed by atoms with E-state index in [4.69, 9.17) is 9.47 Å². The van der Waals surface area contributed by atoms with Gasteiger partial charge in [0, 0.05) is 6.04 Å². The number of ether oxygens (including phenoxy) is 2. The van der Waals surface area contributed by atoms with Gasteiger partial charge in [-0.2, -0.15) is 0 Å². The third kappa shape index (κ3) is 4.44. The van der Waals surface area contributed by atoms with Crippen LogP contribution >= 0.6 is 0 Å². The number of hydrogen-bond acceptors (Lipinski definition) is 5. The normalized spacial score (nSPS) is 10.6. The molecule has 0 atom stereocenters. The lowest BCUT2D eigenvalue weighted by molar-refractivity contribution is 0.272. The highest BCUT2D eigenvalue weighted by Gasteiger charge is 2.09. The number of aromatic nitrogens is 2. The van der Waals surface area contributed by atoms with E-state index in [0.717, 1.165) is 13.0 Å². The average Bonchev–Trinajstić information content (AvgIpc) is 2.28. The van der Waals surface area contributed by atoms with Crippen LogP contribution in [0.2, 0.25) is 0 Å². The van der Waals surface area contributed by atoms with Crippen LogP contribution in [-0.2, 0) is 0 Å². The molecule has 0 amide bonds. The summed E-state index contributed by atoms with van der Waals surface area (Å²) < 4.78 is 10.3. The molecule has 2 N–H and O–H groups in total. The van der Waals surface area contributed by atoms with Crippen LogP contribution in [0.25, 0.3) is 0 Å². The van der Waals surface area contributed by atoms with Crippen LogP contribution in [0.1, 0.15) is 20.3 Å². The summed E-state index contributed by atoms with van der Waals surface area (Å²) in [6.45, 7) is 5.53. The maximum atomic E-state index is 11.3. The van der Waals surface area contributed by atoms with E-state index >= 15 is 0 Å². The maximum absolute atomic E-state index is 11.3. The number of hydrogen-bond donors (Lipinski definition) is 2. The van der Waals surface area contributed by atoms with Crippen LogP contribution in [0.5, 0.6) is 11.6 Å². The molecule has 96 valence electrons. The van der Waals surface area contributed by atoms with Crippen molar-refractivity contribution in [1.82, 2.24) is 15.3 Å². The number of rotatable bonds is 7. The molecule has 6 heteroatoms. The quantitative estimate of drug-likeness (QED) is 0.682. The molecule has 0 unspecified atom stereocenters. The van der Waals surface area contributed by atoms with Gasteiger partial charge in [-0.1, -0.05) is 13.8 Å². The Balaban J connectivity index is 2.41. The molecule has 1 aromatic heterocycles. The summed E-state index contributed by atoms with van der Waals surface area (Å²) in [6.07, 6.45) is 2.14. The smallest absolute Gasteiger partial charge is 0.297 e. The maximum Gasteiger partial charge on any atom is 0.297 e. The van der Waals surface area contributed by atoms with E-state index in [1.807, 2.05) is 0 Å². The van der Waals surface area contributed by atoms with Gasteiger partial charge in [-0.15, -0.1) is 0 Å². The minimum atomic E-state index is -0.335. The molecule has 0 aliphatic rings. The van der Waals surface area contributed by atoms with Gasteiger partial charge in [0.15, 0.2) is 0 Å². The summed E-state index contributed by atoms with van der Waals surface area (Å²) in [7, 11) is 1.42. The Morgan fingerprint density at radius 2 is 2.29 bits per heavy atom. The Morgan fingerprint density at radius 1 is 1.53 bits per heavy atom. The topological polar surface area (TPSA) is 76.2 Å². The van der Waals surface area contributed by atoms with Crippen LogP contribution in [0.3, 0.4) is 0 Å². The lowest BCUT2D eigenvalue weighted by atomic mass is 10.3. The summed E-state index contributed by atoms with van der Waals surface area (Å²) in [6, 6.07) is 0.460. The SMILES string of the molecule is COc1c(OCCCNC(C)C)nc[nH]c1=O. The van der Waals surface area contributed by atoms with Gasteiger partial charge < -0.3 is 19.8 Å². The van der Waals surface area contributed by atoms with E-state index in [-0.39, 0.29) is 17.2 Å². The fourth-order valence-electron chi connectivity index (χ4n) is 1.29. The standard InChI is InChI=1S/C11H19N3O3/c1-8(2)12-5-4-6-17-11-9(16-3)10(15)13-7-14-11/h7-8,12H,4-6H2,1-3H3,(H,13,14,15). The van der Waals surface area contributed by atoms with Crippen molar-refractivity contribution in [2.45, 2.75) is 26.3 Å². The van der Waals surface area contributed by atoms with E-state index in [9.17, 15) is 4.79 Å². The second-order valence-electron chi connectivity index (χ2n) is 3.88. The number of aromatic amines is 1. The first-order valence-corrected chi connectivity index (χ1v) is 5.63. The molecule has 0 radical (unpaired) electrons. The monoisotopic (exact) mass is 241 g/mol. The third-order valence-electron chi connectivity index (χ3n) is 2.09. The van der Waals surface area contributed by atoms with E-state index in [0.29, 0.717) is 12.6 Å². The summed E-state index contributed by atoms with van der Waals surface area (Å²) in [5, 5.41) is 3.27. The molecule has 0 aromatic carbocycles. The van der Waals surface area contributed by atoms with Crippen molar-refractivity contribution in [1.29, 1.82) is 0 Å². The minimum Gasteiger partial charge on any atom is -0.487 e. The van der Waals surface area contributed by atoms with Gasteiger partial charge in [0.1, 0.15) is 0 Å². The van der Waals surface area contributed by atoms with E-state index in [1.165, 1.54) is 13.4 Å². The van der Waals surface area contributed by atoms with Gasteiger partial charge in [-0.05, 0) is 13.0 Å². The Hall–Kier alpha value is -1.56.